The van der Waals surface area contributed by atoms with Crippen molar-refractivity contribution in [2.24, 2.45) is 0 Å². The van der Waals surface area contributed by atoms with Gasteiger partial charge < -0.3 is 20.5 Å². The predicted octanol–water partition coefficient (Wildman–Crippen LogP) is 4.23. The zero-order valence-electron chi connectivity index (χ0n) is 20.0. The third-order valence-electron chi connectivity index (χ3n) is 6.55. The lowest BCUT2D eigenvalue weighted by atomic mass is 10.1. The molecule has 4 heterocycles. The average molecular weight is 508 g/mol. The highest BCUT2D eigenvalue weighted by Crippen LogP contribution is 2.26. The van der Waals surface area contributed by atoms with E-state index in [0.29, 0.717) is 40.0 Å². The number of rotatable bonds is 6. The minimum atomic E-state index is -0.997. The highest BCUT2D eigenvalue weighted by atomic mass is 19.2. The fourth-order valence-corrected chi connectivity index (χ4v) is 4.56. The van der Waals surface area contributed by atoms with Gasteiger partial charge in [-0.05, 0) is 63.3 Å². The first-order valence-corrected chi connectivity index (χ1v) is 12.0. The number of nitrogens with zero attached hydrogens (tertiary/aromatic N) is 6. The first kappa shape index (κ1) is 23.2. The van der Waals surface area contributed by atoms with Gasteiger partial charge in [-0.1, -0.05) is 6.07 Å². The number of imidazole rings is 2. The van der Waals surface area contributed by atoms with Gasteiger partial charge in [0, 0.05) is 6.04 Å². The van der Waals surface area contributed by atoms with Gasteiger partial charge in [-0.2, -0.15) is 9.97 Å². The van der Waals surface area contributed by atoms with Crippen LogP contribution in [0.4, 0.5) is 24.9 Å². The van der Waals surface area contributed by atoms with E-state index in [-0.39, 0.29) is 23.9 Å². The van der Waals surface area contributed by atoms with E-state index in [1.807, 2.05) is 0 Å². The van der Waals surface area contributed by atoms with Crippen molar-refractivity contribution >= 4 is 34.0 Å². The molecule has 1 aliphatic heterocycles. The van der Waals surface area contributed by atoms with E-state index >= 15 is 0 Å². The maximum absolute atomic E-state index is 14.1. The molecule has 9 nitrogen and oxygen atoms in total. The largest absolute Gasteiger partial charge is 0.361 e. The van der Waals surface area contributed by atoms with Crippen LogP contribution in [-0.4, -0.2) is 60.6 Å². The zero-order valence-corrected chi connectivity index (χ0v) is 20.0. The second-order valence-electron chi connectivity index (χ2n) is 9.18. The van der Waals surface area contributed by atoms with Crippen molar-refractivity contribution in [3.05, 3.63) is 66.0 Å². The second-order valence-corrected chi connectivity index (χ2v) is 9.18. The molecule has 0 saturated carbocycles. The van der Waals surface area contributed by atoms with Crippen LogP contribution < -0.4 is 10.6 Å². The normalized spacial score (nSPS) is 15.0. The van der Waals surface area contributed by atoms with Gasteiger partial charge in [-0.25, -0.2) is 23.1 Å². The van der Waals surface area contributed by atoms with Gasteiger partial charge in [-0.3, -0.25) is 4.57 Å². The smallest absolute Gasteiger partial charge is 0.227 e. The highest BCUT2D eigenvalue weighted by molar-refractivity contribution is 5.85. The number of piperidine rings is 1. The Morgan fingerprint density at radius 3 is 2.68 bits per heavy atom. The highest BCUT2D eigenvalue weighted by Gasteiger charge is 2.20. The van der Waals surface area contributed by atoms with Crippen molar-refractivity contribution in [2.45, 2.75) is 25.4 Å². The molecule has 5 aromatic rings. The lowest BCUT2D eigenvalue weighted by Gasteiger charge is -2.29. The fourth-order valence-electron chi connectivity index (χ4n) is 4.56. The van der Waals surface area contributed by atoms with E-state index in [1.165, 1.54) is 18.2 Å². The van der Waals surface area contributed by atoms with Crippen molar-refractivity contribution < 1.29 is 13.2 Å². The summed E-state index contributed by atoms with van der Waals surface area (Å²) in [6, 6.07) is 8.88. The SMILES string of the molecule is CN1CCC(Nc2nc(NCc3nc4c(F)c(F)ccc4[nH]3)c3ncn(-c4cccc(F)c4)c3n2)CC1. The van der Waals surface area contributed by atoms with Crippen LogP contribution in [0.3, 0.4) is 0 Å². The molecule has 190 valence electrons. The van der Waals surface area contributed by atoms with Gasteiger partial charge in [-0.15, -0.1) is 0 Å². The number of likely N-dealkylation sites (tertiary alicyclic amines) is 1. The van der Waals surface area contributed by atoms with E-state index < -0.39 is 11.6 Å². The molecule has 0 spiro atoms. The first-order chi connectivity index (χ1) is 17.9. The molecule has 0 amide bonds. The maximum Gasteiger partial charge on any atom is 0.227 e. The molecule has 6 rings (SSSR count). The van der Waals surface area contributed by atoms with Gasteiger partial charge >= 0.3 is 0 Å². The second kappa shape index (κ2) is 9.36. The molecule has 3 aromatic heterocycles. The number of H-pyrrole nitrogens is 1. The molecule has 37 heavy (non-hydrogen) atoms. The molecular weight excluding hydrogens is 483 g/mol. The number of hydrogen-bond donors (Lipinski definition) is 3. The Kier molecular flexibility index (Phi) is 5.87. The Morgan fingerprint density at radius 1 is 1.03 bits per heavy atom. The summed E-state index contributed by atoms with van der Waals surface area (Å²) in [6.07, 6.45) is 3.47. The van der Waals surface area contributed by atoms with Gasteiger partial charge in [0.1, 0.15) is 23.5 Å². The van der Waals surface area contributed by atoms with E-state index in [1.54, 1.807) is 23.0 Å². The van der Waals surface area contributed by atoms with Crippen molar-refractivity contribution in [3.8, 4) is 5.69 Å². The monoisotopic (exact) mass is 507 g/mol. The molecule has 0 unspecified atom stereocenters. The first-order valence-electron chi connectivity index (χ1n) is 12.0. The minimum Gasteiger partial charge on any atom is -0.361 e. The Bertz CT molecular complexity index is 1590. The number of halogens is 3. The van der Waals surface area contributed by atoms with Crippen LogP contribution in [0.15, 0.2) is 42.7 Å². The molecule has 3 N–H and O–H groups in total. The number of anilines is 2. The number of benzene rings is 2. The summed E-state index contributed by atoms with van der Waals surface area (Å²) < 4.78 is 43.4. The number of aromatic amines is 1. The lowest BCUT2D eigenvalue weighted by Crippen LogP contribution is -2.37. The minimum absolute atomic E-state index is 0.0651. The van der Waals surface area contributed by atoms with Crippen molar-refractivity contribution in [1.29, 1.82) is 0 Å². The van der Waals surface area contributed by atoms with Crippen molar-refractivity contribution in [2.75, 3.05) is 30.8 Å². The number of fused-ring (bicyclic) bond motifs is 2. The van der Waals surface area contributed by atoms with Crippen LogP contribution >= 0.6 is 0 Å². The van der Waals surface area contributed by atoms with Crippen LogP contribution in [0.1, 0.15) is 18.7 Å². The topological polar surface area (TPSA) is 99.6 Å². The predicted molar refractivity (Wildman–Crippen MR) is 134 cm³/mol. The van der Waals surface area contributed by atoms with Crippen LogP contribution in [-0.2, 0) is 6.54 Å². The molecule has 0 radical (unpaired) electrons. The Balaban J connectivity index is 1.35. The molecule has 1 fully saturated rings. The summed E-state index contributed by atoms with van der Waals surface area (Å²) in [5.41, 5.74) is 1.88. The fraction of sp³-hybridized carbons (Fsp3) is 0.280. The third kappa shape index (κ3) is 4.55. The van der Waals surface area contributed by atoms with Crippen LogP contribution in [0.5, 0.6) is 0 Å². The summed E-state index contributed by atoms with van der Waals surface area (Å²) in [7, 11) is 2.09. The number of hydrogen-bond acceptors (Lipinski definition) is 7. The summed E-state index contributed by atoms with van der Waals surface area (Å²) >= 11 is 0. The quantitative estimate of drug-likeness (QED) is 0.316. The number of nitrogens with one attached hydrogen (secondary N) is 3. The number of aromatic nitrogens is 6. The summed E-state index contributed by atoms with van der Waals surface area (Å²) in [5.74, 6) is -1.07. The standard InChI is InChI=1S/C25H24F3N9/c1-36-9-7-15(8-10-36)31-25-34-23(29-12-19-32-18-6-5-17(27)20(28)21(18)33-19)22-24(35-25)37(13-30-22)16-4-2-3-14(26)11-16/h2-6,11,13,15H,7-10,12H2,1H3,(H,32,33)(H2,29,31,34,35). The Hall–Kier alpha value is -4.19. The summed E-state index contributed by atoms with van der Waals surface area (Å²) in [5, 5.41) is 6.63. The van der Waals surface area contributed by atoms with Gasteiger partial charge in [0.25, 0.3) is 0 Å². The van der Waals surface area contributed by atoms with Gasteiger partial charge in [0.05, 0.1) is 17.7 Å². The Morgan fingerprint density at radius 2 is 1.86 bits per heavy atom. The molecule has 1 aliphatic rings. The van der Waals surface area contributed by atoms with E-state index in [4.69, 9.17) is 4.98 Å². The van der Waals surface area contributed by atoms with Gasteiger partial charge in [0.15, 0.2) is 28.6 Å². The van der Waals surface area contributed by atoms with Crippen LogP contribution in [0.2, 0.25) is 0 Å². The van der Waals surface area contributed by atoms with Crippen molar-refractivity contribution in [1.82, 2.24) is 34.4 Å². The van der Waals surface area contributed by atoms with E-state index in [0.717, 1.165) is 32.0 Å². The molecule has 0 bridgehead atoms. The molecular formula is C25H24F3N9. The Labute approximate surface area is 209 Å². The summed E-state index contributed by atoms with van der Waals surface area (Å²) in [6.45, 7) is 2.09. The molecule has 0 atom stereocenters. The maximum atomic E-state index is 14.1. The van der Waals surface area contributed by atoms with Crippen LogP contribution in [0.25, 0.3) is 27.9 Å². The molecule has 1 saturated heterocycles. The van der Waals surface area contributed by atoms with Crippen molar-refractivity contribution in [3.63, 3.8) is 0 Å². The van der Waals surface area contributed by atoms with Gasteiger partial charge in [0.2, 0.25) is 5.95 Å². The molecule has 2 aromatic carbocycles. The average Bonchev–Trinajstić information content (AvgIpc) is 3.51. The zero-order chi connectivity index (χ0) is 25.5. The van der Waals surface area contributed by atoms with E-state index in [9.17, 15) is 13.2 Å². The molecule has 12 heteroatoms. The lowest BCUT2D eigenvalue weighted by molar-refractivity contribution is 0.263. The third-order valence-corrected chi connectivity index (χ3v) is 6.55. The summed E-state index contributed by atoms with van der Waals surface area (Å²) in [4.78, 5) is 23.3. The molecule has 0 aliphatic carbocycles. The van der Waals surface area contributed by atoms with Crippen LogP contribution in [0, 0.1) is 17.5 Å². The van der Waals surface area contributed by atoms with E-state index in [2.05, 4.69) is 42.5 Å².